The number of ether oxygens (including phenoxy) is 2. The number of benzene rings is 1. The van der Waals surface area contributed by atoms with Crippen molar-refractivity contribution in [1.29, 1.82) is 0 Å². The van der Waals surface area contributed by atoms with E-state index in [4.69, 9.17) is 9.47 Å². The lowest BCUT2D eigenvalue weighted by Crippen LogP contribution is -2.60. The van der Waals surface area contributed by atoms with Gasteiger partial charge in [0.15, 0.2) is 0 Å². The van der Waals surface area contributed by atoms with Crippen LogP contribution < -0.4 is 5.32 Å². The third-order valence-electron chi connectivity index (χ3n) is 5.89. The van der Waals surface area contributed by atoms with Crippen molar-refractivity contribution >= 4 is 23.7 Å². The van der Waals surface area contributed by atoms with Crippen molar-refractivity contribution in [3.8, 4) is 0 Å². The average Bonchev–Trinajstić information content (AvgIpc) is 3.03. The van der Waals surface area contributed by atoms with E-state index in [2.05, 4.69) is 5.32 Å². The number of nitrogens with zero attached hydrogens (tertiary/aromatic N) is 1. The molecule has 3 atom stereocenters. The van der Waals surface area contributed by atoms with Gasteiger partial charge in [0.1, 0.15) is 0 Å². The fraction of sp³-hybridized carbons (Fsp3) is 0.500. The van der Waals surface area contributed by atoms with Gasteiger partial charge in [-0.3, -0.25) is 19.3 Å². The minimum atomic E-state index is -0.796. The Bertz CT molecular complexity index is 901. The molecule has 8 nitrogen and oxygen atoms in total. The fourth-order valence-electron chi connectivity index (χ4n) is 4.32. The quantitative estimate of drug-likeness (QED) is 0.491. The van der Waals surface area contributed by atoms with Crippen LogP contribution in [-0.4, -0.2) is 59.5 Å². The summed E-state index contributed by atoms with van der Waals surface area (Å²) in [4.78, 5) is 52.2. The molecule has 1 N–H and O–H groups in total. The normalized spacial score (nSPS) is 22.6. The van der Waals surface area contributed by atoms with Crippen molar-refractivity contribution in [2.45, 2.75) is 71.2 Å². The van der Waals surface area contributed by atoms with Gasteiger partial charge in [-0.05, 0) is 38.0 Å². The third kappa shape index (κ3) is 4.60. The Kier molecular flexibility index (Phi) is 7.45. The maximum atomic E-state index is 13.2. The van der Waals surface area contributed by atoms with Gasteiger partial charge in [-0.2, -0.15) is 0 Å². The van der Waals surface area contributed by atoms with Gasteiger partial charge in [0.2, 0.25) is 5.91 Å². The molecule has 0 saturated heterocycles. The molecule has 3 rings (SSSR count). The zero-order valence-electron chi connectivity index (χ0n) is 18.9. The molecule has 0 radical (unpaired) electrons. The number of esters is 1. The minimum Gasteiger partial charge on any atom is -0.463 e. The molecule has 0 aromatic heterocycles. The summed E-state index contributed by atoms with van der Waals surface area (Å²) in [5.74, 6) is -1.73. The molecule has 1 aromatic rings. The van der Waals surface area contributed by atoms with E-state index in [1.54, 1.807) is 37.3 Å². The predicted molar refractivity (Wildman–Crippen MR) is 117 cm³/mol. The summed E-state index contributed by atoms with van der Waals surface area (Å²) in [7, 11) is 0. The van der Waals surface area contributed by atoms with Crippen LogP contribution >= 0.6 is 0 Å². The smallest absolute Gasteiger partial charge is 0.333 e. The van der Waals surface area contributed by atoms with E-state index in [1.807, 2.05) is 13.8 Å². The van der Waals surface area contributed by atoms with E-state index < -0.39 is 36.0 Å². The van der Waals surface area contributed by atoms with Crippen molar-refractivity contribution in [3.05, 3.63) is 47.0 Å². The minimum absolute atomic E-state index is 0.0675. The van der Waals surface area contributed by atoms with Crippen LogP contribution in [0.1, 0.15) is 67.7 Å². The summed E-state index contributed by atoms with van der Waals surface area (Å²) in [5.41, 5.74) is 0.943. The lowest BCUT2D eigenvalue weighted by molar-refractivity contribution is -0.139. The summed E-state index contributed by atoms with van der Waals surface area (Å²) < 4.78 is 11.4. The van der Waals surface area contributed by atoms with E-state index >= 15 is 0 Å². The van der Waals surface area contributed by atoms with Crippen molar-refractivity contribution in [2.75, 3.05) is 6.61 Å². The second-order valence-corrected chi connectivity index (χ2v) is 7.98. The molecule has 0 bridgehead atoms. The third-order valence-corrected chi connectivity index (χ3v) is 5.89. The van der Waals surface area contributed by atoms with Gasteiger partial charge in [0.05, 0.1) is 42.0 Å². The second-order valence-electron chi connectivity index (χ2n) is 7.98. The number of rotatable bonds is 8. The van der Waals surface area contributed by atoms with Gasteiger partial charge < -0.3 is 14.8 Å². The van der Waals surface area contributed by atoms with E-state index in [1.165, 1.54) is 6.92 Å². The van der Waals surface area contributed by atoms with Gasteiger partial charge in [-0.15, -0.1) is 0 Å². The van der Waals surface area contributed by atoms with Crippen LogP contribution in [0.4, 0.5) is 0 Å². The highest BCUT2D eigenvalue weighted by atomic mass is 16.5. The standard InChI is InChI=1S/C24H30N2O6/c1-5-16(6-2)32-20-13-15(24(30)31-7-3)12-19(21(20)25-14(4)27)26-22(28)17-10-8-9-11-18(17)23(26)29/h8-11,13,16,19-21H,5-7,12H2,1-4H3,(H,25,27)/t19-,20+,21+/m0/s1. The van der Waals surface area contributed by atoms with Gasteiger partial charge in [0, 0.05) is 18.9 Å². The number of nitrogens with one attached hydrogen (secondary N) is 1. The van der Waals surface area contributed by atoms with Crippen molar-refractivity contribution < 1.29 is 28.7 Å². The van der Waals surface area contributed by atoms with Gasteiger partial charge in [0.25, 0.3) is 11.8 Å². The number of hydrogen-bond donors (Lipinski definition) is 1. The molecule has 1 aromatic carbocycles. The van der Waals surface area contributed by atoms with Crippen LogP contribution in [0.15, 0.2) is 35.9 Å². The molecule has 0 fully saturated rings. The highest BCUT2D eigenvalue weighted by Crippen LogP contribution is 2.33. The molecule has 3 amide bonds. The first-order valence-electron chi connectivity index (χ1n) is 11.1. The van der Waals surface area contributed by atoms with Crippen LogP contribution in [0, 0.1) is 0 Å². The monoisotopic (exact) mass is 442 g/mol. The first kappa shape index (κ1) is 23.7. The van der Waals surface area contributed by atoms with Crippen molar-refractivity contribution in [3.63, 3.8) is 0 Å². The molecule has 0 spiro atoms. The van der Waals surface area contributed by atoms with E-state index in [0.717, 1.165) is 17.7 Å². The van der Waals surface area contributed by atoms with Crippen molar-refractivity contribution in [1.82, 2.24) is 10.2 Å². The number of imide groups is 1. The Morgan fingerprint density at radius 1 is 1.09 bits per heavy atom. The molecule has 1 aliphatic heterocycles. The van der Waals surface area contributed by atoms with Crippen LogP contribution in [0.5, 0.6) is 0 Å². The molecule has 32 heavy (non-hydrogen) atoms. The Hall–Kier alpha value is -3.00. The summed E-state index contributed by atoms with van der Waals surface area (Å²) >= 11 is 0. The maximum absolute atomic E-state index is 13.2. The number of carbonyl (C=O) groups excluding carboxylic acids is 4. The molecule has 1 aliphatic carbocycles. The van der Waals surface area contributed by atoms with Crippen molar-refractivity contribution in [2.24, 2.45) is 0 Å². The Labute approximate surface area is 187 Å². The number of hydrogen-bond acceptors (Lipinski definition) is 6. The molecule has 2 aliphatic rings. The largest absolute Gasteiger partial charge is 0.463 e. The van der Waals surface area contributed by atoms with Crippen LogP contribution in [0.25, 0.3) is 0 Å². The summed E-state index contributed by atoms with van der Waals surface area (Å²) in [6.45, 7) is 7.25. The molecule has 0 saturated carbocycles. The van der Waals surface area contributed by atoms with Crippen LogP contribution in [0.2, 0.25) is 0 Å². The number of amides is 3. The maximum Gasteiger partial charge on any atom is 0.333 e. The zero-order valence-corrected chi connectivity index (χ0v) is 18.9. The molecule has 0 unspecified atom stereocenters. The fourth-order valence-corrected chi connectivity index (χ4v) is 4.32. The van der Waals surface area contributed by atoms with Gasteiger partial charge in [-0.25, -0.2) is 4.79 Å². The molecular formula is C24H30N2O6. The first-order chi connectivity index (χ1) is 15.3. The van der Waals surface area contributed by atoms with E-state index in [9.17, 15) is 19.2 Å². The van der Waals surface area contributed by atoms with E-state index in [0.29, 0.717) is 16.7 Å². The van der Waals surface area contributed by atoms with E-state index in [-0.39, 0.29) is 25.0 Å². The Morgan fingerprint density at radius 2 is 1.69 bits per heavy atom. The lowest BCUT2D eigenvalue weighted by atomic mass is 9.86. The lowest BCUT2D eigenvalue weighted by Gasteiger charge is -2.41. The zero-order chi connectivity index (χ0) is 23.4. The number of carbonyl (C=O) groups is 4. The molecule has 172 valence electrons. The Balaban J connectivity index is 2.05. The summed E-state index contributed by atoms with van der Waals surface area (Å²) in [5, 5.41) is 2.86. The topological polar surface area (TPSA) is 102 Å². The van der Waals surface area contributed by atoms with Gasteiger partial charge >= 0.3 is 5.97 Å². The second kappa shape index (κ2) is 10.1. The van der Waals surface area contributed by atoms with Gasteiger partial charge in [-0.1, -0.05) is 26.0 Å². The Morgan fingerprint density at radius 3 is 2.19 bits per heavy atom. The number of fused-ring (bicyclic) bond motifs is 1. The van der Waals surface area contributed by atoms with Crippen LogP contribution in [0.3, 0.4) is 0 Å². The van der Waals surface area contributed by atoms with Crippen LogP contribution in [-0.2, 0) is 19.1 Å². The molecule has 1 heterocycles. The molecule has 8 heteroatoms. The summed E-state index contributed by atoms with van der Waals surface area (Å²) in [6.07, 6.45) is 2.38. The SMILES string of the molecule is CCOC(=O)C1=C[C@@H](OC(CC)CC)[C@H](NC(C)=O)[C@@H](N2C(=O)c3ccccc3C2=O)C1. The summed E-state index contributed by atoms with van der Waals surface area (Å²) in [6, 6.07) is 5.10. The average molecular weight is 443 g/mol. The predicted octanol–water partition coefficient (Wildman–Crippen LogP) is 2.62. The highest BCUT2D eigenvalue weighted by Gasteiger charge is 2.48. The molecular weight excluding hydrogens is 412 g/mol. The highest BCUT2D eigenvalue weighted by molar-refractivity contribution is 6.21. The first-order valence-corrected chi connectivity index (χ1v) is 11.1.